The van der Waals surface area contributed by atoms with Crippen molar-refractivity contribution in [2.45, 2.75) is 0 Å². The van der Waals surface area contributed by atoms with Crippen molar-refractivity contribution in [1.29, 1.82) is 0 Å². The third-order valence-electron chi connectivity index (χ3n) is 3.73. The summed E-state index contributed by atoms with van der Waals surface area (Å²) < 4.78 is 5.65. The van der Waals surface area contributed by atoms with Crippen molar-refractivity contribution in [2.75, 3.05) is 24.3 Å². The topological polar surface area (TPSA) is 89.1 Å². The summed E-state index contributed by atoms with van der Waals surface area (Å²) in [6.45, 7) is 0. The van der Waals surface area contributed by atoms with Gasteiger partial charge in [0.2, 0.25) is 0 Å². The highest BCUT2D eigenvalue weighted by Crippen LogP contribution is 2.24. The maximum Gasteiger partial charge on any atom is 0.297 e. The number of hydrogen-bond donors (Lipinski definition) is 1. The van der Waals surface area contributed by atoms with E-state index in [0.717, 1.165) is 11.2 Å². The zero-order valence-corrected chi connectivity index (χ0v) is 14.2. The Hall–Kier alpha value is -3.68. The van der Waals surface area contributed by atoms with E-state index in [1.807, 2.05) is 44.4 Å². The lowest BCUT2D eigenvalue weighted by atomic mass is 10.3. The van der Waals surface area contributed by atoms with Crippen LogP contribution in [0.25, 0.3) is 16.8 Å². The van der Waals surface area contributed by atoms with Gasteiger partial charge in [0.15, 0.2) is 11.3 Å². The van der Waals surface area contributed by atoms with E-state index < -0.39 is 0 Å². The second kappa shape index (κ2) is 6.32. The first-order valence-corrected chi connectivity index (χ1v) is 7.97. The third-order valence-corrected chi connectivity index (χ3v) is 3.73. The van der Waals surface area contributed by atoms with E-state index in [1.165, 1.54) is 11.0 Å². The number of aromatic nitrogens is 4. The van der Waals surface area contributed by atoms with Crippen LogP contribution >= 0.6 is 0 Å². The maximum atomic E-state index is 12.4. The third kappa shape index (κ3) is 3.00. The van der Waals surface area contributed by atoms with Crippen molar-refractivity contribution >= 4 is 28.7 Å². The molecule has 0 atom stereocenters. The molecule has 0 fully saturated rings. The normalized spacial score (nSPS) is 10.8. The molecule has 4 rings (SSSR count). The summed E-state index contributed by atoms with van der Waals surface area (Å²) in [5.74, 6) is -0.348. The molecule has 8 heteroatoms. The summed E-state index contributed by atoms with van der Waals surface area (Å²) in [4.78, 5) is 20.0. The van der Waals surface area contributed by atoms with Crippen LogP contribution in [0, 0.1) is 0 Å². The van der Waals surface area contributed by atoms with E-state index in [-0.39, 0.29) is 11.6 Å². The van der Waals surface area contributed by atoms with Crippen LogP contribution in [0.4, 0.5) is 11.7 Å². The SMILES string of the molecule is CN(C)c1nc2ccc(NC(=O)c3cnn(-c4ccccc4)n3)cc2o1. The van der Waals surface area contributed by atoms with Gasteiger partial charge in [0.05, 0.1) is 11.9 Å². The highest BCUT2D eigenvalue weighted by molar-refractivity contribution is 6.03. The van der Waals surface area contributed by atoms with Gasteiger partial charge in [0.1, 0.15) is 5.52 Å². The van der Waals surface area contributed by atoms with E-state index in [0.29, 0.717) is 17.3 Å². The van der Waals surface area contributed by atoms with Gasteiger partial charge in [0, 0.05) is 25.8 Å². The summed E-state index contributed by atoms with van der Waals surface area (Å²) in [5, 5.41) is 11.1. The van der Waals surface area contributed by atoms with Gasteiger partial charge < -0.3 is 14.6 Å². The number of hydrogen-bond acceptors (Lipinski definition) is 6. The molecule has 0 aliphatic rings. The Kier molecular flexibility index (Phi) is 3.85. The summed E-state index contributed by atoms with van der Waals surface area (Å²) in [6, 6.07) is 15.2. The number of fused-ring (bicyclic) bond motifs is 1. The number of nitrogens with zero attached hydrogens (tertiary/aromatic N) is 5. The Morgan fingerprint density at radius 3 is 2.73 bits per heavy atom. The molecule has 2 aromatic heterocycles. The molecular weight excluding hydrogens is 332 g/mol. The quantitative estimate of drug-likeness (QED) is 0.610. The molecule has 4 aromatic rings. The first-order chi connectivity index (χ1) is 12.6. The number of carbonyl (C=O) groups excluding carboxylic acids is 1. The van der Waals surface area contributed by atoms with Crippen LogP contribution in [0.2, 0.25) is 0 Å². The molecule has 0 aliphatic carbocycles. The van der Waals surface area contributed by atoms with Gasteiger partial charge in [-0.05, 0) is 24.3 Å². The Morgan fingerprint density at radius 2 is 1.96 bits per heavy atom. The standard InChI is InChI=1S/C18H16N6O2/c1-23(2)18-21-14-9-8-12(10-16(14)26-18)20-17(25)15-11-19-24(22-15)13-6-4-3-5-7-13/h3-11H,1-2H3,(H,20,25). The Labute approximate surface area is 149 Å². The van der Waals surface area contributed by atoms with Crippen molar-refractivity contribution in [3.8, 4) is 5.69 Å². The van der Waals surface area contributed by atoms with E-state index in [4.69, 9.17) is 4.42 Å². The van der Waals surface area contributed by atoms with Crippen LogP contribution < -0.4 is 10.2 Å². The highest BCUT2D eigenvalue weighted by atomic mass is 16.4. The second-order valence-corrected chi connectivity index (χ2v) is 5.88. The Balaban J connectivity index is 1.54. The first-order valence-electron chi connectivity index (χ1n) is 7.97. The number of benzene rings is 2. The average molecular weight is 348 g/mol. The molecule has 2 aromatic carbocycles. The van der Waals surface area contributed by atoms with Crippen LogP contribution in [0.15, 0.2) is 59.1 Å². The minimum Gasteiger partial charge on any atom is -0.423 e. The smallest absolute Gasteiger partial charge is 0.297 e. The molecule has 130 valence electrons. The lowest BCUT2D eigenvalue weighted by Gasteiger charge is -2.03. The average Bonchev–Trinajstić information content (AvgIpc) is 3.29. The lowest BCUT2D eigenvalue weighted by Crippen LogP contribution is -2.13. The molecule has 0 spiro atoms. The fraction of sp³-hybridized carbons (Fsp3) is 0.111. The predicted molar refractivity (Wildman–Crippen MR) is 97.6 cm³/mol. The largest absolute Gasteiger partial charge is 0.423 e. The van der Waals surface area contributed by atoms with Crippen molar-refractivity contribution in [1.82, 2.24) is 20.0 Å². The van der Waals surface area contributed by atoms with Gasteiger partial charge in [-0.15, -0.1) is 5.10 Å². The number of oxazole rings is 1. The lowest BCUT2D eigenvalue weighted by molar-refractivity contribution is 0.102. The Bertz CT molecular complexity index is 1070. The van der Waals surface area contributed by atoms with Crippen LogP contribution in [0.5, 0.6) is 0 Å². The molecule has 0 unspecified atom stereocenters. The van der Waals surface area contributed by atoms with Crippen LogP contribution in [0.3, 0.4) is 0 Å². The minimum absolute atomic E-state index is 0.223. The number of amides is 1. The van der Waals surface area contributed by atoms with E-state index in [1.54, 1.807) is 23.1 Å². The predicted octanol–water partition coefficient (Wildman–Crippen LogP) is 2.73. The van der Waals surface area contributed by atoms with Gasteiger partial charge >= 0.3 is 0 Å². The van der Waals surface area contributed by atoms with Crippen molar-refractivity contribution in [2.24, 2.45) is 0 Å². The molecule has 0 bridgehead atoms. The van der Waals surface area contributed by atoms with E-state index >= 15 is 0 Å². The van der Waals surface area contributed by atoms with E-state index in [9.17, 15) is 4.79 Å². The molecule has 0 aliphatic heterocycles. The molecule has 1 amide bonds. The summed E-state index contributed by atoms with van der Waals surface area (Å²) >= 11 is 0. The highest BCUT2D eigenvalue weighted by Gasteiger charge is 2.13. The second-order valence-electron chi connectivity index (χ2n) is 5.88. The van der Waals surface area contributed by atoms with Crippen molar-refractivity contribution in [3.63, 3.8) is 0 Å². The van der Waals surface area contributed by atoms with Gasteiger partial charge in [-0.25, -0.2) is 0 Å². The van der Waals surface area contributed by atoms with Crippen LogP contribution in [-0.2, 0) is 0 Å². The van der Waals surface area contributed by atoms with Gasteiger partial charge in [-0.2, -0.15) is 14.9 Å². The molecular formula is C18H16N6O2. The number of anilines is 2. The molecule has 26 heavy (non-hydrogen) atoms. The van der Waals surface area contributed by atoms with Gasteiger partial charge in [-0.1, -0.05) is 18.2 Å². The number of carbonyl (C=O) groups is 1. The Morgan fingerprint density at radius 1 is 1.15 bits per heavy atom. The molecule has 0 radical (unpaired) electrons. The van der Waals surface area contributed by atoms with Crippen molar-refractivity contribution in [3.05, 3.63) is 60.4 Å². The fourth-order valence-electron chi connectivity index (χ4n) is 2.43. The minimum atomic E-state index is -0.348. The van der Waals surface area contributed by atoms with E-state index in [2.05, 4.69) is 20.5 Å². The molecule has 8 nitrogen and oxygen atoms in total. The summed E-state index contributed by atoms with van der Waals surface area (Å²) in [5.41, 5.74) is 2.92. The molecule has 2 heterocycles. The number of nitrogens with one attached hydrogen (secondary N) is 1. The number of rotatable bonds is 4. The summed E-state index contributed by atoms with van der Waals surface area (Å²) in [6.07, 6.45) is 1.43. The molecule has 0 saturated heterocycles. The van der Waals surface area contributed by atoms with Gasteiger partial charge in [-0.3, -0.25) is 4.79 Å². The first kappa shape index (κ1) is 15.8. The molecule has 1 N–H and O–H groups in total. The zero-order chi connectivity index (χ0) is 18.1. The maximum absolute atomic E-state index is 12.4. The van der Waals surface area contributed by atoms with Crippen molar-refractivity contribution < 1.29 is 9.21 Å². The molecule has 0 saturated carbocycles. The summed E-state index contributed by atoms with van der Waals surface area (Å²) in [7, 11) is 3.70. The monoisotopic (exact) mass is 348 g/mol. The zero-order valence-electron chi connectivity index (χ0n) is 14.2. The van der Waals surface area contributed by atoms with Crippen LogP contribution in [-0.4, -0.2) is 40.0 Å². The van der Waals surface area contributed by atoms with Crippen LogP contribution in [0.1, 0.15) is 10.5 Å². The fourth-order valence-corrected chi connectivity index (χ4v) is 2.43. The number of para-hydroxylation sites is 1. The van der Waals surface area contributed by atoms with Gasteiger partial charge in [0.25, 0.3) is 11.9 Å².